The molecule has 0 fully saturated rings. The molecule has 0 aliphatic heterocycles. The van der Waals surface area contributed by atoms with Gasteiger partial charge >= 0.3 is 18.8 Å². The highest BCUT2D eigenvalue weighted by atomic mass is 19.4. The van der Waals surface area contributed by atoms with Gasteiger partial charge in [0, 0.05) is 0 Å². The van der Waals surface area contributed by atoms with Gasteiger partial charge < -0.3 is 9.84 Å². The molecule has 0 aromatic heterocycles. The molecule has 0 bridgehead atoms. The lowest BCUT2D eigenvalue weighted by atomic mass is 10.1. The van der Waals surface area contributed by atoms with Crippen LogP contribution in [0.2, 0.25) is 0 Å². The van der Waals surface area contributed by atoms with Crippen molar-refractivity contribution in [3.05, 3.63) is 29.8 Å². The highest BCUT2D eigenvalue weighted by Crippen LogP contribution is 2.21. The van der Waals surface area contributed by atoms with Gasteiger partial charge in [0.25, 0.3) is 0 Å². The van der Waals surface area contributed by atoms with E-state index < -0.39 is 31.3 Å². The molecule has 20 heavy (non-hydrogen) atoms. The van der Waals surface area contributed by atoms with Gasteiger partial charge in [0.1, 0.15) is 11.8 Å². The molecule has 1 aromatic rings. The molecule has 0 radical (unpaired) electrons. The number of carbonyl (C=O) groups is 1. The summed E-state index contributed by atoms with van der Waals surface area (Å²) in [6, 6.07) is 2.69. The van der Waals surface area contributed by atoms with E-state index in [0.717, 1.165) is 24.3 Å². The Balaban J connectivity index is 2.79. The number of carboxylic acid groups (broad SMARTS) is 1. The van der Waals surface area contributed by atoms with Crippen LogP contribution in [0.5, 0.6) is 5.75 Å². The minimum atomic E-state index is -4.56. The summed E-state index contributed by atoms with van der Waals surface area (Å²) >= 11 is 0. The Kier molecular flexibility index (Phi) is 5.26. The van der Waals surface area contributed by atoms with Gasteiger partial charge in [-0.2, -0.15) is 22.0 Å². The second-order valence-electron chi connectivity index (χ2n) is 3.71. The molecule has 0 saturated carbocycles. The third-order valence-corrected chi connectivity index (χ3v) is 2.19. The Morgan fingerprint density at radius 2 is 1.80 bits per heavy atom. The molecule has 0 aliphatic rings. The zero-order chi connectivity index (χ0) is 15.3. The molecule has 112 valence electrons. The Hall–Kier alpha value is -1.90. The zero-order valence-corrected chi connectivity index (χ0v) is 9.82. The number of hydrogen-bond acceptors (Lipinski definition) is 3. The molecule has 0 saturated heterocycles. The molecule has 0 amide bonds. The molecule has 9 heteroatoms. The lowest BCUT2D eigenvalue weighted by Crippen LogP contribution is -2.36. The maximum Gasteiger partial charge on any atom is 0.401 e. The minimum absolute atomic E-state index is 0.0108. The van der Waals surface area contributed by atoms with Crippen LogP contribution < -0.4 is 10.1 Å². The number of nitrogens with one attached hydrogen (secondary N) is 1. The Labute approximate surface area is 110 Å². The molecule has 2 N–H and O–H groups in total. The Bertz CT molecular complexity index is 446. The standard InChI is InChI=1S/C11H10F5NO3/c12-10(13)20-7-3-1-6(2-4-7)8(9(18)19)17-5-11(14,15)16/h1-4,8,10,17H,5H2,(H,18,19). The predicted molar refractivity (Wildman–Crippen MR) is 57.5 cm³/mol. The number of carboxylic acids is 1. The maximum absolute atomic E-state index is 12.0. The fourth-order valence-corrected chi connectivity index (χ4v) is 1.41. The van der Waals surface area contributed by atoms with Crippen LogP contribution in [0.15, 0.2) is 24.3 Å². The van der Waals surface area contributed by atoms with E-state index in [1.54, 1.807) is 0 Å². The maximum atomic E-state index is 12.0. The van der Waals surface area contributed by atoms with E-state index >= 15 is 0 Å². The van der Waals surface area contributed by atoms with Crippen molar-refractivity contribution in [3.8, 4) is 5.75 Å². The summed E-state index contributed by atoms with van der Waals surface area (Å²) in [5, 5.41) is 10.7. The number of rotatable bonds is 6. The Morgan fingerprint density at radius 1 is 1.25 bits per heavy atom. The molecule has 0 aliphatic carbocycles. The van der Waals surface area contributed by atoms with Crippen LogP contribution in [0.1, 0.15) is 11.6 Å². The van der Waals surface area contributed by atoms with Crippen LogP contribution in [0.25, 0.3) is 0 Å². The summed E-state index contributed by atoms with van der Waals surface area (Å²) in [6.07, 6.45) is -4.56. The summed E-state index contributed by atoms with van der Waals surface area (Å²) in [7, 11) is 0. The van der Waals surface area contributed by atoms with Gasteiger partial charge in [0.15, 0.2) is 0 Å². The predicted octanol–water partition coefficient (Wildman–Crippen LogP) is 2.57. The highest BCUT2D eigenvalue weighted by molar-refractivity contribution is 5.75. The van der Waals surface area contributed by atoms with E-state index in [4.69, 9.17) is 5.11 Å². The van der Waals surface area contributed by atoms with Gasteiger partial charge in [-0.25, -0.2) is 0 Å². The Morgan fingerprint density at radius 3 is 2.20 bits per heavy atom. The number of ether oxygens (including phenoxy) is 1. The highest BCUT2D eigenvalue weighted by Gasteiger charge is 2.30. The molecule has 4 nitrogen and oxygen atoms in total. The summed E-state index contributed by atoms with van der Waals surface area (Å²) < 4.78 is 64.0. The number of benzene rings is 1. The fourth-order valence-electron chi connectivity index (χ4n) is 1.41. The second-order valence-corrected chi connectivity index (χ2v) is 3.71. The third-order valence-electron chi connectivity index (χ3n) is 2.19. The summed E-state index contributed by atoms with van der Waals surface area (Å²) in [6.45, 7) is -4.53. The largest absolute Gasteiger partial charge is 0.480 e. The normalized spacial score (nSPS) is 13.3. The quantitative estimate of drug-likeness (QED) is 0.793. The first-order valence-electron chi connectivity index (χ1n) is 5.27. The summed E-state index contributed by atoms with van der Waals surface area (Å²) in [5.41, 5.74) is -0.0108. The van der Waals surface area contributed by atoms with Crippen LogP contribution in [-0.4, -0.2) is 30.4 Å². The first-order valence-corrected chi connectivity index (χ1v) is 5.27. The van der Waals surface area contributed by atoms with Crippen molar-refractivity contribution in [2.45, 2.75) is 18.8 Å². The minimum Gasteiger partial charge on any atom is -0.480 e. The van der Waals surface area contributed by atoms with Crippen molar-refractivity contribution < 1.29 is 36.6 Å². The van der Waals surface area contributed by atoms with Gasteiger partial charge in [-0.15, -0.1) is 0 Å². The molecular weight excluding hydrogens is 289 g/mol. The molecule has 1 rings (SSSR count). The molecule has 0 spiro atoms. The smallest absolute Gasteiger partial charge is 0.401 e. The lowest BCUT2D eigenvalue weighted by Gasteiger charge is -2.16. The van der Waals surface area contributed by atoms with E-state index in [-0.39, 0.29) is 11.3 Å². The van der Waals surface area contributed by atoms with Gasteiger partial charge in [-0.1, -0.05) is 12.1 Å². The fraction of sp³-hybridized carbons (Fsp3) is 0.364. The monoisotopic (exact) mass is 299 g/mol. The van der Waals surface area contributed by atoms with E-state index in [9.17, 15) is 26.7 Å². The SMILES string of the molecule is O=C(O)C(NCC(F)(F)F)c1ccc(OC(F)F)cc1. The average molecular weight is 299 g/mol. The van der Waals surface area contributed by atoms with Crippen molar-refractivity contribution in [1.29, 1.82) is 0 Å². The van der Waals surface area contributed by atoms with Gasteiger partial charge in [0.05, 0.1) is 6.54 Å². The van der Waals surface area contributed by atoms with Gasteiger partial charge in [-0.3, -0.25) is 10.1 Å². The summed E-state index contributed by atoms with van der Waals surface area (Å²) in [4.78, 5) is 10.9. The molecule has 1 atom stereocenters. The van der Waals surface area contributed by atoms with Crippen molar-refractivity contribution in [2.75, 3.05) is 6.54 Å². The van der Waals surface area contributed by atoms with Crippen LogP contribution in [0.4, 0.5) is 22.0 Å². The van der Waals surface area contributed by atoms with Crippen LogP contribution in [-0.2, 0) is 4.79 Å². The first kappa shape index (κ1) is 16.2. The topological polar surface area (TPSA) is 58.6 Å². The average Bonchev–Trinajstić information content (AvgIpc) is 2.28. The van der Waals surface area contributed by atoms with Crippen LogP contribution >= 0.6 is 0 Å². The lowest BCUT2D eigenvalue weighted by molar-refractivity contribution is -0.143. The van der Waals surface area contributed by atoms with Crippen LogP contribution in [0, 0.1) is 0 Å². The van der Waals surface area contributed by atoms with Crippen molar-refractivity contribution in [3.63, 3.8) is 0 Å². The first-order chi connectivity index (χ1) is 9.19. The van der Waals surface area contributed by atoms with Crippen molar-refractivity contribution in [2.24, 2.45) is 0 Å². The number of aliphatic carboxylic acids is 1. The molecular formula is C11H10F5NO3. The van der Waals surface area contributed by atoms with Crippen LogP contribution in [0.3, 0.4) is 0 Å². The van der Waals surface area contributed by atoms with Crippen molar-refractivity contribution in [1.82, 2.24) is 5.32 Å². The number of alkyl halides is 5. The van der Waals surface area contributed by atoms with Gasteiger partial charge in [-0.05, 0) is 17.7 Å². The number of halogens is 5. The summed E-state index contributed by atoms with van der Waals surface area (Å²) in [5.74, 6) is -1.74. The second kappa shape index (κ2) is 6.51. The molecule has 0 heterocycles. The number of hydrogen-bond donors (Lipinski definition) is 2. The zero-order valence-electron chi connectivity index (χ0n) is 9.82. The van der Waals surface area contributed by atoms with E-state index in [2.05, 4.69) is 4.74 Å². The van der Waals surface area contributed by atoms with E-state index in [0.29, 0.717) is 0 Å². The molecule has 1 aromatic carbocycles. The van der Waals surface area contributed by atoms with Gasteiger partial charge in [0.2, 0.25) is 0 Å². The molecule has 1 unspecified atom stereocenters. The third kappa shape index (κ3) is 5.39. The van der Waals surface area contributed by atoms with E-state index in [1.165, 1.54) is 0 Å². The van der Waals surface area contributed by atoms with Crippen molar-refractivity contribution >= 4 is 5.97 Å². The van der Waals surface area contributed by atoms with E-state index in [1.807, 2.05) is 5.32 Å².